The summed E-state index contributed by atoms with van der Waals surface area (Å²) in [6, 6.07) is 8.62. The van der Waals surface area contributed by atoms with Crippen LogP contribution in [0.5, 0.6) is 5.75 Å². The lowest BCUT2D eigenvalue weighted by Gasteiger charge is -2.06. The summed E-state index contributed by atoms with van der Waals surface area (Å²) in [5.41, 5.74) is -0.0422. The molecule has 0 spiro atoms. The molecule has 0 aliphatic heterocycles. The van der Waals surface area contributed by atoms with Crippen LogP contribution in [0.4, 0.5) is 19.6 Å². The highest BCUT2D eigenvalue weighted by atomic mass is 32.2. The number of sulfonamides is 1. The van der Waals surface area contributed by atoms with E-state index in [0.29, 0.717) is 5.75 Å². The molecule has 146 valence electrons. The van der Waals surface area contributed by atoms with Crippen molar-refractivity contribution in [1.82, 2.24) is 4.98 Å². The molecule has 28 heavy (non-hydrogen) atoms. The maximum absolute atomic E-state index is 13.2. The van der Waals surface area contributed by atoms with Crippen LogP contribution in [0, 0.1) is 11.6 Å². The normalized spacial score (nSPS) is 11.1. The molecule has 3 aromatic rings. The van der Waals surface area contributed by atoms with Crippen LogP contribution in [-0.4, -0.2) is 26.4 Å². The van der Waals surface area contributed by atoms with Crippen molar-refractivity contribution in [2.24, 2.45) is 0 Å². The van der Waals surface area contributed by atoms with Crippen molar-refractivity contribution in [3.05, 3.63) is 65.2 Å². The van der Waals surface area contributed by atoms with E-state index in [9.17, 15) is 22.0 Å². The molecule has 2 N–H and O–H groups in total. The van der Waals surface area contributed by atoms with Crippen LogP contribution in [-0.2, 0) is 10.0 Å². The molecule has 1 amide bonds. The van der Waals surface area contributed by atoms with E-state index in [-0.39, 0.29) is 21.4 Å². The fourth-order valence-electron chi connectivity index (χ4n) is 2.12. The molecule has 7 nitrogen and oxygen atoms in total. The Morgan fingerprint density at radius 3 is 2.46 bits per heavy atom. The molecule has 0 aliphatic rings. The number of benzene rings is 2. The van der Waals surface area contributed by atoms with Gasteiger partial charge in [0, 0.05) is 17.1 Å². The third-order valence-corrected chi connectivity index (χ3v) is 5.75. The number of halogens is 2. The number of hydrogen-bond donors (Lipinski definition) is 2. The fourth-order valence-corrected chi connectivity index (χ4v) is 4.07. The van der Waals surface area contributed by atoms with Crippen molar-refractivity contribution < 1.29 is 26.7 Å². The number of thiazole rings is 1. The first kappa shape index (κ1) is 19.7. The minimum Gasteiger partial charge on any atom is -0.497 e. The lowest BCUT2D eigenvalue weighted by Crippen LogP contribution is -2.15. The third kappa shape index (κ3) is 4.43. The largest absolute Gasteiger partial charge is 0.497 e. The van der Waals surface area contributed by atoms with Gasteiger partial charge in [0.05, 0.1) is 12.0 Å². The number of nitrogens with one attached hydrogen (secondary N) is 2. The van der Waals surface area contributed by atoms with Gasteiger partial charge in [-0.3, -0.25) is 9.52 Å². The molecule has 0 atom stereocenters. The number of amides is 1. The molecule has 0 aliphatic carbocycles. The Morgan fingerprint density at radius 1 is 1.11 bits per heavy atom. The molecule has 0 bridgehead atoms. The lowest BCUT2D eigenvalue weighted by molar-refractivity contribution is 0.102. The number of aromatic nitrogens is 1. The second-order valence-electron chi connectivity index (χ2n) is 5.40. The summed E-state index contributed by atoms with van der Waals surface area (Å²) in [6.07, 6.45) is 0. The SMILES string of the molecule is COc1ccc(S(=O)(=O)Nc2nc(C(=O)Nc3ccc(F)c(F)c3)cs2)cc1. The highest BCUT2D eigenvalue weighted by molar-refractivity contribution is 7.93. The number of anilines is 2. The molecule has 0 radical (unpaired) electrons. The second-order valence-corrected chi connectivity index (χ2v) is 7.94. The van der Waals surface area contributed by atoms with Gasteiger partial charge >= 0.3 is 0 Å². The van der Waals surface area contributed by atoms with Gasteiger partial charge in [-0.2, -0.15) is 0 Å². The third-order valence-electron chi connectivity index (χ3n) is 3.51. The first-order valence-electron chi connectivity index (χ1n) is 7.67. The van der Waals surface area contributed by atoms with Gasteiger partial charge in [-0.25, -0.2) is 22.2 Å². The van der Waals surface area contributed by atoms with Crippen molar-refractivity contribution in [1.29, 1.82) is 0 Å². The summed E-state index contributed by atoms with van der Waals surface area (Å²) in [5.74, 6) is -2.34. The number of hydrogen-bond acceptors (Lipinski definition) is 6. The number of carbonyl (C=O) groups is 1. The second kappa shape index (κ2) is 7.90. The first-order chi connectivity index (χ1) is 13.3. The maximum Gasteiger partial charge on any atom is 0.275 e. The maximum atomic E-state index is 13.2. The summed E-state index contributed by atoms with van der Waals surface area (Å²) >= 11 is 0.902. The molecule has 1 aromatic heterocycles. The average molecular weight is 425 g/mol. The van der Waals surface area contributed by atoms with Gasteiger partial charge < -0.3 is 10.1 Å². The highest BCUT2D eigenvalue weighted by Crippen LogP contribution is 2.22. The van der Waals surface area contributed by atoms with Gasteiger partial charge in [0.1, 0.15) is 11.4 Å². The van der Waals surface area contributed by atoms with Gasteiger partial charge in [0.25, 0.3) is 15.9 Å². The van der Waals surface area contributed by atoms with E-state index >= 15 is 0 Å². The summed E-state index contributed by atoms with van der Waals surface area (Å²) in [7, 11) is -2.44. The zero-order valence-corrected chi connectivity index (χ0v) is 15.9. The molecule has 3 rings (SSSR count). The van der Waals surface area contributed by atoms with E-state index in [2.05, 4.69) is 15.0 Å². The van der Waals surface area contributed by atoms with Gasteiger partial charge in [0.2, 0.25) is 0 Å². The Kier molecular flexibility index (Phi) is 5.56. The van der Waals surface area contributed by atoms with Crippen LogP contribution in [0.1, 0.15) is 10.5 Å². The molecular weight excluding hydrogens is 412 g/mol. The minimum atomic E-state index is -3.90. The molecule has 0 saturated carbocycles. The Labute approximate surface area is 163 Å². The van der Waals surface area contributed by atoms with Crippen LogP contribution >= 0.6 is 11.3 Å². The predicted molar refractivity (Wildman–Crippen MR) is 100 cm³/mol. The summed E-state index contributed by atoms with van der Waals surface area (Å²) in [6.45, 7) is 0. The first-order valence-corrected chi connectivity index (χ1v) is 10.0. The van der Waals surface area contributed by atoms with Crippen molar-refractivity contribution >= 4 is 38.1 Å². The lowest BCUT2D eigenvalue weighted by atomic mass is 10.3. The van der Waals surface area contributed by atoms with E-state index in [1.54, 1.807) is 0 Å². The Balaban J connectivity index is 1.72. The summed E-state index contributed by atoms with van der Waals surface area (Å²) in [4.78, 5) is 16.1. The van der Waals surface area contributed by atoms with Gasteiger partial charge in [-0.15, -0.1) is 11.3 Å². The number of methoxy groups -OCH3 is 1. The van der Waals surface area contributed by atoms with E-state index in [0.717, 1.165) is 23.5 Å². The van der Waals surface area contributed by atoms with Crippen molar-refractivity contribution in [2.75, 3.05) is 17.1 Å². The van der Waals surface area contributed by atoms with E-state index in [4.69, 9.17) is 4.74 Å². The van der Waals surface area contributed by atoms with Crippen molar-refractivity contribution in [3.63, 3.8) is 0 Å². The highest BCUT2D eigenvalue weighted by Gasteiger charge is 2.18. The standard InChI is InChI=1S/C17H13F2N3O4S2/c1-26-11-3-5-12(6-4-11)28(24,25)22-17-21-15(9-27-17)16(23)20-10-2-7-13(18)14(19)8-10/h2-9H,1H3,(H,20,23)(H,21,22). The molecule has 11 heteroatoms. The van der Waals surface area contributed by atoms with Gasteiger partial charge in [0.15, 0.2) is 16.8 Å². The monoisotopic (exact) mass is 425 g/mol. The van der Waals surface area contributed by atoms with Crippen LogP contribution in [0.25, 0.3) is 0 Å². The molecule has 0 saturated heterocycles. The number of nitrogens with zero attached hydrogens (tertiary/aromatic N) is 1. The topological polar surface area (TPSA) is 97.4 Å². The quantitative estimate of drug-likeness (QED) is 0.630. The number of ether oxygens (including phenoxy) is 1. The van der Waals surface area contributed by atoms with E-state index in [1.165, 1.54) is 42.8 Å². The summed E-state index contributed by atoms with van der Waals surface area (Å²) < 4.78 is 58.1. The van der Waals surface area contributed by atoms with E-state index in [1.807, 2.05) is 0 Å². The average Bonchev–Trinajstić information content (AvgIpc) is 3.12. The van der Waals surface area contributed by atoms with E-state index < -0.39 is 27.6 Å². The molecule has 0 fully saturated rings. The molecule has 1 heterocycles. The van der Waals surface area contributed by atoms with Crippen molar-refractivity contribution in [2.45, 2.75) is 4.90 Å². The zero-order valence-electron chi connectivity index (χ0n) is 14.3. The Hall–Kier alpha value is -3.05. The van der Waals surface area contributed by atoms with Crippen LogP contribution in [0.2, 0.25) is 0 Å². The van der Waals surface area contributed by atoms with Crippen molar-refractivity contribution in [3.8, 4) is 5.75 Å². The molecule has 2 aromatic carbocycles. The van der Waals surface area contributed by atoms with Gasteiger partial charge in [-0.1, -0.05) is 0 Å². The number of rotatable bonds is 6. The van der Waals surface area contributed by atoms with Crippen LogP contribution in [0.3, 0.4) is 0 Å². The Morgan fingerprint density at radius 2 is 1.82 bits per heavy atom. The zero-order chi connectivity index (χ0) is 20.3. The molecule has 0 unspecified atom stereocenters. The molecular formula is C17H13F2N3O4S2. The summed E-state index contributed by atoms with van der Waals surface area (Å²) in [5, 5.41) is 3.67. The van der Waals surface area contributed by atoms with Crippen LogP contribution in [0.15, 0.2) is 52.7 Å². The Bertz CT molecular complexity index is 1120. The predicted octanol–water partition coefficient (Wildman–Crippen LogP) is 3.48. The number of carbonyl (C=O) groups excluding carboxylic acids is 1. The minimum absolute atomic E-state index is 0.00344. The van der Waals surface area contributed by atoms with Crippen LogP contribution < -0.4 is 14.8 Å². The fraction of sp³-hybridized carbons (Fsp3) is 0.0588. The smallest absolute Gasteiger partial charge is 0.275 e. The van der Waals surface area contributed by atoms with Gasteiger partial charge in [-0.05, 0) is 36.4 Å².